The summed E-state index contributed by atoms with van der Waals surface area (Å²) in [5.74, 6) is 0.590. The molecule has 0 saturated carbocycles. The summed E-state index contributed by atoms with van der Waals surface area (Å²) in [4.78, 5) is 88.8. The van der Waals surface area contributed by atoms with Crippen LogP contribution in [0.5, 0.6) is 5.75 Å². The summed E-state index contributed by atoms with van der Waals surface area (Å²) in [5.41, 5.74) is 6.09. The minimum atomic E-state index is -2.98. The first-order valence-electron chi connectivity index (χ1n) is 24.2. The van der Waals surface area contributed by atoms with Crippen molar-refractivity contribution in [1.82, 2.24) is 39.5 Å². The number of nitrogens with zero attached hydrogens (tertiary/aromatic N) is 9. The molecule has 4 saturated heterocycles. The fourth-order valence-corrected chi connectivity index (χ4v) is 12.5. The molecule has 0 bridgehead atoms. The number of fused-ring (bicyclic) bond motifs is 2. The zero-order valence-corrected chi connectivity index (χ0v) is 43.0. The molecule has 71 heavy (non-hydrogen) atoms. The van der Waals surface area contributed by atoms with Gasteiger partial charge in [-0.2, -0.15) is 4.98 Å². The van der Waals surface area contributed by atoms with Gasteiger partial charge in [-0.25, -0.2) is 9.97 Å². The molecule has 3 aromatic carbocycles. The molecule has 1 atom stereocenters. The molecular weight excluding hydrogens is 992 g/mol. The highest BCUT2D eigenvalue weighted by Gasteiger charge is 2.41. The van der Waals surface area contributed by atoms with E-state index < -0.39 is 19.1 Å². The van der Waals surface area contributed by atoms with Crippen LogP contribution in [0.15, 0.2) is 64.3 Å². The molecule has 21 heteroatoms. The number of anilines is 6. The third-order valence-corrected chi connectivity index (χ3v) is 16.8. The van der Waals surface area contributed by atoms with Gasteiger partial charge in [0, 0.05) is 113 Å². The first-order valence-corrected chi connectivity index (χ1v) is 27.6. The molecule has 372 valence electrons. The number of carbonyl (C=O) groups excluding carboxylic acids is 4. The number of rotatable bonds is 12. The second kappa shape index (κ2) is 19.3. The average Bonchev–Trinajstić information content (AvgIpc) is 3.67. The molecule has 4 fully saturated rings. The van der Waals surface area contributed by atoms with Crippen LogP contribution in [0.2, 0.25) is 0 Å². The summed E-state index contributed by atoms with van der Waals surface area (Å²) in [6.07, 6.45) is 6.44. The Bertz CT molecular complexity index is 3090. The second-order valence-corrected chi connectivity index (χ2v) is 23.5. The van der Waals surface area contributed by atoms with Crippen molar-refractivity contribution < 1.29 is 28.5 Å². The third-order valence-electron chi connectivity index (χ3n) is 14.7. The Morgan fingerprint density at radius 1 is 0.915 bits per heavy atom. The molecule has 0 aliphatic carbocycles. The Morgan fingerprint density at radius 2 is 1.68 bits per heavy atom. The van der Waals surface area contributed by atoms with Gasteiger partial charge in [0.05, 0.1) is 46.1 Å². The van der Waals surface area contributed by atoms with E-state index in [1.54, 1.807) is 50.7 Å². The molecule has 0 spiro atoms. The smallest absolute Gasteiger partial charge is 0.261 e. The first kappa shape index (κ1) is 48.3. The number of piperidine rings is 2. The number of aromatic nitrogens is 4. The number of aryl methyl sites for hydroxylation is 2. The molecule has 19 nitrogen and oxygen atoms in total. The number of hydrogen-bond acceptors (Lipinski definition) is 15. The lowest BCUT2D eigenvalue weighted by atomic mass is 9.95. The van der Waals surface area contributed by atoms with E-state index in [9.17, 15) is 28.5 Å². The molecular formula is C50H58BrN12O7P. The fourth-order valence-electron chi connectivity index (χ4n) is 10.8. The SMILES string of the molecule is CCc1cc(Nc2ncc(Br)c(Nc3ccc4ncn(C)c(=O)c4c3P(C)(C)=O)n2)c(OC)cc1N1CCC(N2CCN(C(=O)C3CN(c4ccc5c(c4)CN(C4CCC(=O)NC4=O)C5=O)C3)CC2)CC1. The van der Waals surface area contributed by atoms with Crippen LogP contribution in [-0.4, -0.2) is 143 Å². The van der Waals surface area contributed by atoms with E-state index in [1.807, 2.05) is 23.1 Å². The summed E-state index contributed by atoms with van der Waals surface area (Å²) in [5, 5.41) is 9.75. The Kier molecular flexibility index (Phi) is 13.1. The summed E-state index contributed by atoms with van der Waals surface area (Å²) in [6, 6.07) is 13.2. The van der Waals surface area contributed by atoms with E-state index in [0.29, 0.717) is 100 Å². The number of nitrogens with one attached hydrogen (secondary N) is 3. The standard InChI is InChI=1S/C50H58BrN12O7P/c1-6-29-22-38(55-50-52-24-35(51)45(57-50)54-37-10-9-36-43(44(37)71(4,5)69)49(68)58(2)28-53-36)41(70-3)23-40(29)60-15-13-32(14-16-60)59-17-19-61(20-18-59)47(66)31-25-62(26-31)33-7-8-34-30(21-33)27-63(48(34)67)39-11-12-42(64)56-46(39)65/h7-10,21-24,28,31-32,39H,6,11-20,25-27H2,1-5H3,(H,56,64,65)(H2,52,54,55,57). The first-order chi connectivity index (χ1) is 34.1. The van der Waals surface area contributed by atoms with Gasteiger partial charge in [-0.1, -0.05) is 6.92 Å². The van der Waals surface area contributed by atoms with Gasteiger partial charge in [0.15, 0.2) is 0 Å². The van der Waals surface area contributed by atoms with Gasteiger partial charge in [0.25, 0.3) is 11.5 Å². The van der Waals surface area contributed by atoms with Crippen molar-refractivity contribution in [2.24, 2.45) is 13.0 Å². The van der Waals surface area contributed by atoms with Crippen molar-refractivity contribution in [2.45, 2.75) is 57.7 Å². The highest BCUT2D eigenvalue weighted by atomic mass is 79.9. The molecule has 1 unspecified atom stereocenters. The number of methoxy groups -OCH3 is 1. The fraction of sp³-hybridized carbons (Fsp3) is 0.440. The van der Waals surface area contributed by atoms with Crippen molar-refractivity contribution in [1.29, 1.82) is 0 Å². The Hall–Kier alpha value is -6.37. The van der Waals surface area contributed by atoms with Gasteiger partial charge < -0.3 is 44.1 Å². The highest BCUT2D eigenvalue weighted by Crippen LogP contribution is 2.42. The zero-order chi connectivity index (χ0) is 49.9. The number of amides is 4. The molecule has 10 rings (SSSR count). The van der Waals surface area contributed by atoms with E-state index in [1.165, 1.54) is 10.9 Å². The number of benzene rings is 3. The monoisotopic (exact) mass is 1050 g/mol. The Balaban J connectivity index is 0.729. The lowest BCUT2D eigenvalue weighted by Gasteiger charge is -2.46. The van der Waals surface area contributed by atoms with Crippen LogP contribution in [0.25, 0.3) is 10.9 Å². The summed E-state index contributed by atoms with van der Waals surface area (Å²) < 4.78 is 21.6. The van der Waals surface area contributed by atoms with Gasteiger partial charge >= 0.3 is 0 Å². The summed E-state index contributed by atoms with van der Waals surface area (Å²) in [6.45, 7) is 11.9. The third kappa shape index (κ3) is 9.37. The van der Waals surface area contributed by atoms with Crippen LogP contribution in [0.3, 0.4) is 0 Å². The molecule has 5 aromatic rings. The lowest BCUT2D eigenvalue weighted by Crippen LogP contribution is -2.59. The molecule has 4 amide bonds. The van der Waals surface area contributed by atoms with E-state index in [0.717, 1.165) is 67.9 Å². The van der Waals surface area contributed by atoms with Gasteiger partial charge in [-0.3, -0.25) is 34.2 Å². The Labute approximate surface area is 419 Å². The second-order valence-electron chi connectivity index (χ2n) is 19.5. The predicted octanol–water partition coefficient (Wildman–Crippen LogP) is 4.80. The normalized spacial score (nSPS) is 19.2. The Morgan fingerprint density at radius 3 is 2.38 bits per heavy atom. The number of halogens is 1. The maximum atomic E-state index is 13.7. The van der Waals surface area contributed by atoms with Gasteiger partial charge in [0.1, 0.15) is 24.8 Å². The highest BCUT2D eigenvalue weighted by molar-refractivity contribution is 9.10. The van der Waals surface area contributed by atoms with E-state index >= 15 is 0 Å². The maximum absolute atomic E-state index is 13.7. The van der Waals surface area contributed by atoms with Gasteiger partial charge in [-0.05, 0) is 102 Å². The van der Waals surface area contributed by atoms with Crippen molar-refractivity contribution in [3.05, 3.63) is 86.5 Å². The van der Waals surface area contributed by atoms with Crippen molar-refractivity contribution in [2.75, 3.05) is 93.2 Å². The molecule has 3 N–H and O–H groups in total. The number of ether oxygens (including phenoxy) is 1. The molecule has 5 aliphatic heterocycles. The summed E-state index contributed by atoms with van der Waals surface area (Å²) in [7, 11) is 0.286. The number of hydrogen-bond donors (Lipinski definition) is 3. The van der Waals surface area contributed by atoms with Crippen LogP contribution >= 0.6 is 23.1 Å². The minimum absolute atomic E-state index is 0.0753. The van der Waals surface area contributed by atoms with Crippen LogP contribution in [0.1, 0.15) is 54.1 Å². The molecule has 5 aliphatic rings. The van der Waals surface area contributed by atoms with Crippen molar-refractivity contribution in [3.63, 3.8) is 0 Å². The zero-order valence-electron chi connectivity index (χ0n) is 40.5. The largest absolute Gasteiger partial charge is 0.494 e. The van der Waals surface area contributed by atoms with E-state index in [-0.39, 0.29) is 35.6 Å². The molecule has 0 radical (unpaired) electrons. The number of piperazine rings is 1. The van der Waals surface area contributed by atoms with Gasteiger partial charge in [-0.15, -0.1) is 0 Å². The van der Waals surface area contributed by atoms with Crippen molar-refractivity contribution >= 4 is 97.4 Å². The van der Waals surface area contributed by atoms with E-state index in [2.05, 4.69) is 75.6 Å². The maximum Gasteiger partial charge on any atom is 0.261 e. The quantitative estimate of drug-likeness (QED) is 0.113. The lowest BCUT2D eigenvalue weighted by molar-refractivity contribution is -0.139. The number of imide groups is 1. The van der Waals surface area contributed by atoms with Crippen molar-refractivity contribution in [3.8, 4) is 5.75 Å². The van der Waals surface area contributed by atoms with Gasteiger partial charge in [0.2, 0.25) is 23.7 Å². The van der Waals surface area contributed by atoms with E-state index in [4.69, 9.17) is 9.72 Å². The topological polar surface area (TPSA) is 208 Å². The molecule has 2 aromatic heterocycles. The van der Waals surface area contributed by atoms with Crippen LogP contribution < -0.4 is 41.4 Å². The van der Waals surface area contributed by atoms with Crippen LogP contribution in [-0.2, 0) is 39.0 Å². The number of carbonyl (C=O) groups is 4. The predicted molar refractivity (Wildman–Crippen MR) is 276 cm³/mol. The molecule has 7 heterocycles. The average molecular weight is 1050 g/mol. The van der Waals surface area contributed by atoms with Crippen LogP contribution in [0, 0.1) is 5.92 Å². The minimum Gasteiger partial charge on any atom is -0.494 e. The van der Waals surface area contributed by atoms with Crippen LogP contribution in [0.4, 0.5) is 34.5 Å². The summed E-state index contributed by atoms with van der Waals surface area (Å²) >= 11 is 3.57.